The van der Waals surface area contributed by atoms with Gasteiger partial charge in [-0.25, -0.2) is 9.37 Å². The van der Waals surface area contributed by atoms with Gasteiger partial charge in [-0.1, -0.05) is 0 Å². The minimum absolute atomic E-state index is 0. The van der Waals surface area contributed by atoms with Crippen molar-refractivity contribution in [2.75, 3.05) is 6.54 Å². The second-order valence-corrected chi connectivity index (χ2v) is 5.60. The van der Waals surface area contributed by atoms with Gasteiger partial charge in [-0.2, -0.15) is 0 Å². The van der Waals surface area contributed by atoms with Crippen LogP contribution in [0.15, 0.2) is 18.5 Å². The zero-order chi connectivity index (χ0) is 14.3. The van der Waals surface area contributed by atoms with Crippen LogP contribution in [-0.4, -0.2) is 28.0 Å². The number of imidazole rings is 1. The van der Waals surface area contributed by atoms with E-state index in [9.17, 15) is 9.18 Å². The zero-order valence-electron chi connectivity index (χ0n) is 12.1. The molecule has 1 aliphatic carbocycles. The first-order chi connectivity index (χ1) is 9.53. The summed E-state index contributed by atoms with van der Waals surface area (Å²) >= 11 is 0. The Hall–Kier alpha value is -1.37. The van der Waals surface area contributed by atoms with Crippen LogP contribution in [0.2, 0.25) is 0 Å². The molecule has 1 aliphatic rings. The van der Waals surface area contributed by atoms with Crippen molar-refractivity contribution in [3.8, 4) is 0 Å². The topological polar surface area (TPSA) is 83.8 Å². The fraction of sp³-hybridized carbons (Fsp3) is 0.429. The second kappa shape index (κ2) is 6.81. The van der Waals surface area contributed by atoms with Crippen LogP contribution >= 0.6 is 24.8 Å². The van der Waals surface area contributed by atoms with Crippen molar-refractivity contribution in [2.24, 2.45) is 11.7 Å². The van der Waals surface area contributed by atoms with Crippen LogP contribution in [0.3, 0.4) is 0 Å². The Labute approximate surface area is 140 Å². The maximum atomic E-state index is 13.6. The van der Waals surface area contributed by atoms with E-state index >= 15 is 0 Å². The van der Waals surface area contributed by atoms with Crippen molar-refractivity contribution >= 4 is 41.8 Å². The third kappa shape index (κ3) is 3.34. The molecule has 22 heavy (non-hydrogen) atoms. The van der Waals surface area contributed by atoms with E-state index in [1.807, 2.05) is 6.92 Å². The zero-order valence-corrected chi connectivity index (χ0v) is 13.7. The van der Waals surface area contributed by atoms with Crippen LogP contribution < -0.4 is 11.1 Å². The first-order valence-corrected chi connectivity index (χ1v) is 6.69. The van der Waals surface area contributed by atoms with E-state index in [1.165, 1.54) is 18.5 Å². The molecule has 5 nitrogen and oxygen atoms in total. The molecule has 0 spiro atoms. The molecule has 0 bridgehead atoms. The van der Waals surface area contributed by atoms with E-state index in [1.54, 1.807) is 0 Å². The quantitative estimate of drug-likeness (QED) is 0.793. The number of hydrogen-bond donors (Lipinski definition) is 3. The molecule has 0 aliphatic heterocycles. The number of nitrogens with zero attached hydrogens (tertiary/aromatic N) is 1. The van der Waals surface area contributed by atoms with Gasteiger partial charge in [-0.05, 0) is 37.8 Å². The molecule has 1 aromatic carbocycles. The van der Waals surface area contributed by atoms with Gasteiger partial charge in [-0.15, -0.1) is 24.8 Å². The molecule has 0 radical (unpaired) electrons. The summed E-state index contributed by atoms with van der Waals surface area (Å²) in [6, 6.07) is 2.53. The number of nitrogens with two attached hydrogens (primary N) is 1. The molecule has 1 heterocycles. The Morgan fingerprint density at radius 1 is 1.50 bits per heavy atom. The molecule has 0 saturated heterocycles. The van der Waals surface area contributed by atoms with E-state index in [-0.39, 0.29) is 36.3 Å². The number of rotatable bonds is 4. The highest BCUT2D eigenvalue weighted by molar-refractivity contribution is 6.05. The molecule has 8 heteroatoms. The van der Waals surface area contributed by atoms with Crippen molar-refractivity contribution in [3.63, 3.8) is 0 Å². The number of carbonyl (C=O) groups excluding carboxylic acids is 1. The van der Waals surface area contributed by atoms with Crippen LogP contribution in [0, 0.1) is 11.7 Å². The molecule has 3 rings (SSSR count). The molecular formula is C14H19Cl2FN4O. The maximum absolute atomic E-state index is 13.6. The second-order valence-electron chi connectivity index (χ2n) is 5.60. The van der Waals surface area contributed by atoms with Gasteiger partial charge >= 0.3 is 0 Å². The number of amides is 1. The van der Waals surface area contributed by atoms with E-state index < -0.39 is 11.4 Å². The summed E-state index contributed by atoms with van der Waals surface area (Å²) in [5.74, 6) is -0.395. The number of nitrogens with one attached hydrogen (secondary N) is 2. The van der Waals surface area contributed by atoms with E-state index in [2.05, 4.69) is 15.3 Å². The lowest BCUT2D eigenvalue weighted by Crippen LogP contribution is -2.53. The Bertz CT molecular complexity index is 674. The highest BCUT2D eigenvalue weighted by atomic mass is 35.5. The van der Waals surface area contributed by atoms with Crippen molar-refractivity contribution in [2.45, 2.75) is 25.3 Å². The molecule has 2 aromatic rings. The Kier molecular flexibility index (Phi) is 5.78. The first kappa shape index (κ1) is 18.7. The minimum atomic E-state index is -0.465. The summed E-state index contributed by atoms with van der Waals surface area (Å²) in [6.07, 6.45) is 3.58. The predicted molar refractivity (Wildman–Crippen MR) is 88.2 cm³/mol. The maximum Gasteiger partial charge on any atom is 0.254 e. The van der Waals surface area contributed by atoms with Gasteiger partial charge in [0, 0.05) is 6.54 Å². The Morgan fingerprint density at radius 3 is 2.77 bits per heavy atom. The number of aromatic amines is 1. The number of H-pyrrole nitrogens is 1. The van der Waals surface area contributed by atoms with Gasteiger partial charge in [0.15, 0.2) is 0 Å². The highest BCUT2D eigenvalue weighted by Gasteiger charge is 2.41. The summed E-state index contributed by atoms with van der Waals surface area (Å²) < 4.78 is 13.6. The third-order valence-electron chi connectivity index (χ3n) is 4.03. The minimum Gasteiger partial charge on any atom is -0.345 e. The normalized spacial score (nSPS) is 16.3. The smallest absolute Gasteiger partial charge is 0.254 e. The number of carbonyl (C=O) groups is 1. The number of halogens is 3. The van der Waals surface area contributed by atoms with E-state index in [0.29, 0.717) is 23.5 Å². The van der Waals surface area contributed by atoms with Crippen molar-refractivity contribution < 1.29 is 9.18 Å². The van der Waals surface area contributed by atoms with Gasteiger partial charge < -0.3 is 16.0 Å². The number of fused-ring (bicyclic) bond motifs is 1. The van der Waals surface area contributed by atoms with E-state index in [0.717, 1.165) is 12.8 Å². The van der Waals surface area contributed by atoms with Crippen molar-refractivity contribution in [3.05, 3.63) is 29.8 Å². The number of hydrogen-bond acceptors (Lipinski definition) is 3. The van der Waals surface area contributed by atoms with Crippen LogP contribution in [0.25, 0.3) is 11.0 Å². The van der Waals surface area contributed by atoms with Crippen LogP contribution in [0.4, 0.5) is 4.39 Å². The summed E-state index contributed by atoms with van der Waals surface area (Å²) in [7, 11) is 0. The highest BCUT2D eigenvalue weighted by Crippen LogP contribution is 2.39. The standard InChI is InChI=1S/C14H17FN4O.2ClH/c1-14(6-16,8-2-3-8)19-13(20)10-4-9(15)5-11-12(10)18-7-17-11;;/h4-5,7-8H,2-3,6,16H2,1H3,(H,17,18)(H,19,20);2*1H. The third-order valence-corrected chi connectivity index (χ3v) is 4.03. The molecule has 1 aromatic heterocycles. The molecule has 1 unspecified atom stereocenters. The molecule has 1 saturated carbocycles. The first-order valence-electron chi connectivity index (χ1n) is 6.69. The number of benzene rings is 1. The van der Waals surface area contributed by atoms with Crippen LogP contribution in [0.1, 0.15) is 30.1 Å². The van der Waals surface area contributed by atoms with Crippen LogP contribution in [0.5, 0.6) is 0 Å². The largest absolute Gasteiger partial charge is 0.345 e. The summed E-state index contributed by atoms with van der Waals surface area (Å²) in [5, 5.41) is 2.95. The average molecular weight is 349 g/mol. The Balaban J connectivity index is 0.00000121. The van der Waals surface area contributed by atoms with Crippen molar-refractivity contribution in [1.82, 2.24) is 15.3 Å². The summed E-state index contributed by atoms with van der Waals surface area (Å²) in [5.41, 5.74) is 6.57. The van der Waals surface area contributed by atoms with Gasteiger partial charge in [0.2, 0.25) is 0 Å². The van der Waals surface area contributed by atoms with Gasteiger partial charge in [0.25, 0.3) is 5.91 Å². The fourth-order valence-corrected chi connectivity index (χ4v) is 2.55. The SMILES string of the molecule is CC(CN)(NC(=O)c1cc(F)cc2[nH]cnc12)C1CC1.Cl.Cl. The molecule has 1 amide bonds. The number of aromatic nitrogens is 2. The van der Waals surface area contributed by atoms with Gasteiger partial charge in [0.1, 0.15) is 11.3 Å². The molecular weight excluding hydrogens is 330 g/mol. The molecule has 1 atom stereocenters. The van der Waals surface area contributed by atoms with E-state index in [4.69, 9.17) is 5.73 Å². The predicted octanol–water partition coefficient (Wildman–Crippen LogP) is 2.40. The van der Waals surface area contributed by atoms with Crippen molar-refractivity contribution in [1.29, 1.82) is 0 Å². The molecule has 1 fully saturated rings. The van der Waals surface area contributed by atoms with Gasteiger partial charge in [-0.3, -0.25) is 4.79 Å². The van der Waals surface area contributed by atoms with Crippen LogP contribution in [-0.2, 0) is 0 Å². The molecule has 4 N–H and O–H groups in total. The average Bonchev–Trinajstić information content (AvgIpc) is 3.18. The fourth-order valence-electron chi connectivity index (χ4n) is 2.55. The summed E-state index contributed by atoms with van der Waals surface area (Å²) in [6.45, 7) is 2.30. The Morgan fingerprint density at radius 2 is 2.18 bits per heavy atom. The lowest BCUT2D eigenvalue weighted by molar-refractivity contribution is 0.0899. The summed E-state index contributed by atoms with van der Waals surface area (Å²) in [4.78, 5) is 19.3. The van der Waals surface area contributed by atoms with Gasteiger partial charge in [0.05, 0.1) is 22.9 Å². The lowest BCUT2D eigenvalue weighted by atomic mass is 9.95. The monoisotopic (exact) mass is 348 g/mol. The lowest BCUT2D eigenvalue weighted by Gasteiger charge is -2.29. The molecule has 122 valence electrons.